The number of carbonyl (C=O) groups excluding carboxylic acids is 2. The van der Waals surface area contributed by atoms with Crippen molar-refractivity contribution in [2.45, 2.75) is 101 Å². The first-order chi connectivity index (χ1) is 18.2. The van der Waals surface area contributed by atoms with Gasteiger partial charge in [0.1, 0.15) is 6.04 Å². The predicted molar refractivity (Wildman–Crippen MR) is 147 cm³/mol. The van der Waals surface area contributed by atoms with Crippen molar-refractivity contribution in [2.75, 3.05) is 20.3 Å². The van der Waals surface area contributed by atoms with Gasteiger partial charge in [-0.3, -0.25) is 0 Å². The third kappa shape index (κ3) is 13.2. The van der Waals surface area contributed by atoms with Gasteiger partial charge in [0.05, 0.1) is 13.2 Å². The minimum Gasteiger partial charge on any atom is -0.480 e. The molecule has 0 aliphatic carbocycles. The molecule has 14 nitrogen and oxygen atoms in total. The summed E-state index contributed by atoms with van der Waals surface area (Å²) in [5.41, 5.74) is 4.13. The van der Waals surface area contributed by atoms with Gasteiger partial charge in [-0.1, -0.05) is 69.2 Å². The summed E-state index contributed by atoms with van der Waals surface area (Å²) < 4.78 is 50.1. The van der Waals surface area contributed by atoms with Crippen molar-refractivity contribution < 1.29 is 52.1 Å². The van der Waals surface area contributed by atoms with E-state index in [0.29, 0.717) is 12.8 Å². The summed E-state index contributed by atoms with van der Waals surface area (Å²) in [6, 6.07) is -1.14. The van der Waals surface area contributed by atoms with E-state index >= 15 is 0 Å². The van der Waals surface area contributed by atoms with Crippen molar-refractivity contribution in [3.05, 3.63) is 0 Å². The maximum atomic E-state index is 14.2. The highest BCUT2D eigenvalue weighted by molar-refractivity contribution is 7.52. The fourth-order valence-electron chi connectivity index (χ4n) is 2.88. The number of carboxylic acid groups (broad SMARTS) is 1. The standard InChI is InChI=1S/C25H48N3O11P/c1-12-14-34-22(31)36-19(24(5,6)7)38-40(33,27-21(26)28(11)17(16(3)4)18(29)30)39-20(25(8,9)10)37-23(32)35-15-13-2/h16-17,19-20H,12-15H2,1-11H3,(H,29,30)(H2,26,27,33). The van der Waals surface area contributed by atoms with Crippen LogP contribution in [0.3, 0.4) is 0 Å². The lowest BCUT2D eigenvalue weighted by Crippen LogP contribution is -2.48. The second-order valence-electron chi connectivity index (χ2n) is 11.6. The molecule has 0 aliphatic heterocycles. The molecule has 0 bridgehead atoms. The third-order valence-electron chi connectivity index (χ3n) is 5.01. The van der Waals surface area contributed by atoms with E-state index in [9.17, 15) is 24.1 Å². The normalized spacial score (nSPS) is 16.4. The lowest BCUT2D eigenvalue weighted by atomic mass is 9.96. The molecule has 0 radical (unpaired) electrons. The van der Waals surface area contributed by atoms with Crippen LogP contribution in [0.15, 0.2) is 4.76 Å². The van der Waals surface area contributed by atoms with Crippen LogP contribution in [0.25, 0.3) is 0 Å². The highest BCUT2D eigenvalue weighted by Gasteiger charge is 2.44. The van der Waals surface area contributed by atoms with Crippen LogP contribution in [0.1, 0.15) is 82.1 Å². The number of hydrogen-bond acceptors (Lipinski definition) is 10. The lowest BCUT2D eigenvalue weighted by molar-refractivity contribution is -0.152. The van der Waals surface area contributed by atoms with Crippen molar-refractivity contribution in [1.29, 1.82) is 0 Å². The van der Waals surface area contributed by atoms with E-state index in [4.69, 9.17) is 33.7 Å². The molecule has 234 valence electrons. The summed E-state index contributed by atoms with van der Waals surface area (Å²) in [5.74, 6) is -2.13. The zero-order valence-corrected chi connectivity index (χ0v) is 26.5. The molecule has 0 aliphatic rings. The van der Waals surface area contributed by atoms with E-state index in [-0.39, 0.29) is 13.2 Å². The Balaban J connectivity index is 6.69. The van der Waals surface area contributed by atoms with Crippen LogP contribution in [0.5, 0.6) is 0 Å². The van der Waals surface area contributed by atoms with Crippen LogP contribution >= 0.6 is 7.75 Å². The van der Waals surface area contributed by atoms with Crippen LogP contribution in [0, 0.1) is 16.7 Å². The van der Waals surface area contributed by atoms with E-state index < -0.39 is 67.4 Å². The largest absolute Gasteiger partial charge is 0.510 e. The van der Waals surface area contributed by atoms with Crippen molar-refractivity contribution in [3.63, 3.8) is 0 Å². The Morgan fingerprint density at radius 3 is 1.52 bits per heavy atom. The van der Waals surface area contributed by atoms with Gasteiger partial charge in [-0.05, 0) is 18.8 Å². The van der Waals surface area contributed by atoms with Gasteiger partial charge < -0.3 is 34.7 Å². The number of guanidine groups is 1. The summed E-state index contributed by atoms with van der Waals surface area (Å²) >= 11 is 0. The summed E-state index contributed by atoms with van der Waals surface area (Å²) in [7, 11) is -3.49. The van der Waals surface area contributed by atoms with E-state index in [0.717, 1.165) is 4.90 Å². The SMILES string of the molecule is CCCOC(=O)OC(OP(=O)(N=C(N)N(C)C(C(=O)O)C(C)C)OC(OC(=O)OCCC)C(C)(C)C)C(C)(C)C. The Morgan fingerprint density at radius 1 is 0.875 bits per heavy atom. The molecular formula is C25H48N3O11P. The van der Waals surface area contributed by atoms with Gasteiger partial charge in [-0.15, -0.1) is 4.76 Å². The first-order valence-electron chi connectivity index (χ1n) is 13.1. The third-order valence-corrected chi connectivity index (χ3v) is 6.38. The monoisotopic (exact) mass is 597 g/mol. The van der Waals surface area contributed by atoms with Crippen molar-refractivity contribution in [3.8, 4) is 0 Å². The molecule has 0 spiro atoms. The Hall–Kier alpha value is -2.57. The number of aliphatic carboxylic acids is 1. The van der Waals surface area contributed by atoms with E-state index in [1.165, 1.54) is 7.05 Å². The summed E-state index contributed by atoms with van der Waals surface area (Å²) in [6.45, 7) is 16.8. The minimum absolute atomic E-state index is 0.0747. The number of ether oxygens (including phenoxy) is 4. The highest BCUT2D eigenvalue weighted by Crippen LogP contribution is 2.56. The molecule has 3 N–H and O–H groups in total. The smallest absolute Gasteiger partial charge is 0.480 e. The summed E-state index contributed by atoms with van der Waals surface area (Å²) in [6.07, 6.45) is -4.19. The van der Waals surface area contributed by atoms with Crippen molar-refractivity contribution in [1.82, 2.24) is 4.90 Å². The number of nitrogens with two attached hydrogens (primary N) is 1. The molecule has 3 atom stereocenters. The maximum Gasteiger partial charge on any atom is 0.510 e. The number of nitrogens with zero attached hydrogens (tertiary/aromatic N) is 2. The molecule has 0 fully saturated rings. The van der Waals surface area contributed by atoms with Gasteiger partial charge in [-0.2, -0.15) is 0 Å². The lowest BCUT2D eigenvalue weighted by Gasteiger charge is -2.35. The molecule has 0 heterocycles. The minimum atomic E-state index is -4.84. The quantitative estimate of drug-likeness (QED) is 0.0858. The second-order valence-corrected chi connectivity index (χ2v) is 13.2. The zero-order valence-electron chi connectivity index (χ0n) is 25.6. The number of carboxylic acids is 1. The first kappa shape index (κ1) is 37.4. The topological polar surface area (TPSA) is 186 Å². The Kier molecular flexibility index (Phi) is 15.0. The first-order valence-corrected chi connectivity index (χ1v) is 14.6. The highest BCUT2D eigenvalue weighted by atomic mass is 31.2. The Morgan fingerprint density at radius 2 is 1.25 bits per heavy atom. The molecule has 0 rings (SSSR count). The van der Waals surface area contributed by atoms with Gasteiger partial charge in [0, 0.05) is 17.9 Å². The number of likely N-dealkylation sites (N-methyl/N-ethyl adjacent to an activating group) is 1. The molecule has 0 aromatic rings. The van der Waals surface area contributed by atoms with Crippen LogP contribution < -0.4 is 5.73 Å². The van der Waals surface area contributed by atoms with E-state index in [1.54, 1.807) is 69.2 Å². The Labute approximate surface area is 237 Å². The van der Waals surface area contributed by atoms with Gasteiger partial charge >= 0.3 is 26.0 Å². The van der Waals surface area contributed by atoms with Crippen LogP contribution in [0.4, 0.5) is 9.59 Å². The number of rotatable bonds is 14. The molecular weight excluding hydrogens is 549 g/mol. The molecule has 15 heteroatoms. The van der Waals surface area contributed by atoms with Crippen LogP contribution in [-0.4, -0.2) is 73.1 Å². The van der Waals surface area contributed by atoms with Gasteiger partial charge in [0.25, 0.3) is 0 Å². The fourth-order valence-corrected chi connectivity index (χ4v) is 4.62. The predicted octanol–water partition coefficient (Wildman–Crippen LogP) is 5.35. The van der Waals surface area contributed by atoms with Crippen molar-refractivity contribution in [2.24, 2.45) is 27.2 Å². The van der Waals surface area contributed by atoms with Crippen LogP contribution in [-0.2, 0) is 37.4 Å². The fraction of sp³-hybridized carbons (Fsp3) is 0.840. The van der Waals surface area contributed by atoms with E-state index in [1.807, 2.05) is 0 Å². The molecule has 0 amide bonds. The van der Waals surface area contributed by atoms with Gasteiger partial charge in [0.15, 0.2) is 0 Å². The maximum absolute atomic E-state index is 14.2. The second kappa shape index (κ2) is 16.0. The average Bonchev–Trinajstić information content (AvgIpc) is 2.78. The molecule has 0 aromatic heterocycles. The van der Waals surface area contributed by atoms with E-state index in [2.05, 4.69) is 4.76 Å². The molecule has 3 unspecified atom stereocenters. The van der Waals surface area contributed by atoms with Crippen molar-refractivity contribution >= 4 is 32.0 Å². The summed E-state index contributed by atoms with van der Waals surface area (Å²) in [5, 5.41) is 9.68. The average molecular weight is 598 g/mol. The number of hydrogen-bond donors (Lipinski definition) is 2. The summed E-state index contributed by atoms with van der Waals surface area (Å²) in [4.78, 5) is 37.5. The van der Waals surface area contributed by atoms with Crippen LogP contribution in [0.2, 0.25) is 0 Å². The molecule has 0 saturated heterocycles. The molecule has 40 heavy (non-hydrogen) atoms. The molecule has 0 aromatic carbocycles. The van der Waals surface area contributed by atoms with Gasteiger partial charge in [0.2, 0.25) is 18.5 Å². The number of carbonyl (C=O) groups is 3. The zero-order chi connectivity index (χ0) is 31.5. The Bertz CT molecular complexity index is 867. The molecule has 0 saturated carbocycles. The van der Waals surface area contributed by atoms with Gasteiger partial charge in [-0.25, -0.2) is 28.0 Å².